The highest BCUT2D eigenvalue weighted by atomic mass is 32.2. The Labute approximate surface area is 129 Å². The van der Waals surface area contributed by atoms with Gasteiger partial charge in [-0.1, -0.05) is 13.0 Å². The highest BCUT2D eigenvalue weighted by Gasteiger charge is 2.27. The number of hydrogen-bond donors (Lipinski definition) is 3. The lowest BCUT2D eigenvalue weighted by molar-refractivity contribution is -0.123. The van der Waals surface area contributed by atoms with E-state index in [0.29, 0.717) is 5.92 Å². The predicted octanol–water partition coefficient (Wildman–Crippen LogP) is 0.529. The number of hydrogen-bond acceptors (Lipinski definition) is 5. The van der Waals surface area contributed by atoms with Crippen LogP contribution in [0.3, 0.4) is 0 Å². The molecule has 1 aromatic rings. The molecule has 0 aromatic carbocycles. The summed E-state index contributed by atoms with van der Waals surface area (Å²) >= 11 is 1.13. The molecule has 1 amide bonds. The Hall–Kier alpha value is -0.960. The number of carbonyl (C=O) groups excluding carboxylic acids is 1. The van der Waals surface area contributed by atoms with Crippen molar-refractivity contribution in [1.82, 2.24) is 15.4 Å². The third-order valence-corrected chi connectivity index (χ3v) is 6.58. The van der Waals surface area contributed by atoms with Gasteiger partial charge in [-0.2, -0.15) is 4.72 Å². The van der Waals surface area contributed by atoms with E-state index in [1.54, 1.807) is 18.4 Å². The quantitative estimate of drug-likeness (QED) is 0.734. The fourth-order valence-corrected chi connectivity index (χ4v) is 4.46. The molecule has 8 heteroatoms. The first-order valence-corrected chi connectivity index (χ1v) is 9.33. The minimum absolute atomic E-state index is 0.0416. The number of carbonyl (C=O) groups is 1. The second-order valence-electron chi connectivity index (χ2n) is 5.36. The molecule has 0 radical (unpaired) electrons. The van der Waals surface area contributed by atoms with Crippen LogP contribution in [0.15, 0.2) is 21.7 Å². The fourth-order valence-electron chi connectivity index (χ4n) is 2.25. The van der Waals surface area contributed by atoms with E-state index >= 15 is 0 Å². The van der Waals surface area contributed by atoms with Crippen molar-refractivity contribution in [3.8, 4) is 0 Å². The maximum absolute atomic E-state index is 12.1. The number of rotatable bonds is 5. The minimum atomic E-state index is -3.62. The van der Waals surface area contributed by atoms with E-state index in [4.69, 9.17) is 0 Å². The first kappa shape index (κ1) is 16.4. The van der Waals surface area contributed by atoms with Gasteiger partial charge < -0.3 is 10.6 Å². The van der Waals surface area contributed by atoms with E-state index in [-0.39, 0.29) is 16.2 Å². The van der Waals surface area contributed by atoms with Crippen LogP contribution in [0, 0.1) is 5.92 Å². The lowest BCUT2D eigenvalue weighted by Gasteiger charge is -2.31. The first-order chi connectivity index (χ1) is 9.90. The van der Waals surface area contributed by atoms with Crippen LogP contribution < -0.4 is 15.4 Å². The molecule has 3 N–H and O–H groups in total. The number of thiophene rings is 1. The zero-order valence-corrected chi connectivity index (χ0v) is 13.8. The van der Waals surface area contributed by atoms with Crippen molar-refractivity contribution < 1.29 is 13.2 Å². The molecular formula is C13H21N3O3S2. The summed E-state index contributed by atoms with van der Waals surface area (Å²) in [5.41, 5.74) is 0. The summed E-state index contributed by atoms with van der Waals surface area (Å²) in [6.45, 7) is 5.32. The summed E-state index contributed by atoms with van der Waals surface area (Å²) in [5.74, 6) is 0.0898. The molecule has 2 heterocycles. The molecule has 1 fully saturated rings. The Morgan fingerprint density at radius 2 is 2.29 bits per heavy atom. The van der Waals surface area contributed by atoms with Gasteiger partial charge in [0.25, 0.3) is 10.0 Å². The maximum atomic E-state index is 12.1. The third-order valence-electron chi connectivity index (χ3n) is 3.64. The van der Waals surface area contributed by atoms with Crippen molar-refractivity contribution >= 4 is 27.3 Å². The van der Waals surface area contributed by atoms with E-state index < -0.39 is 16.1 Å². The average Bonchev–Trinajstić information content (AvgIpc) is 2.95. The molecule has 0 bridgehead atoms. The molecule has 2 rings (SSSR count). The molecular weight excluding hydrogens is 310 g/mol. The van der Waals surface area contributed by atoms with Crippen LogP contribution in [0.25, 0.3) is 0 Å². The van der Waals surface area contributed by atoms with Crippen LogP contribution in [0.1, 0.15) is 20.3 Å². The summed E-state index contributed by atoms with van der Waals surface area (Å²) in [6.07, 6.45) is 1.00. The maximum Gasteiger partial charge on any atom is 0.250 e. The number of amides is 1. The summed E-state index contributed by atoms with van der Waals surface area (Å²) in [7, 11) is -3.62. The molecule has 1 aliphatic rings. The van der Waals surface area contributed by atoms with Gasteiger partial charge in [-0.3, -0.25) is 4.79 Å². The van der Waals surface area contributed by atoms with Gasteiger partial charge in [0.05, 0.1) is 6.04 Å². The molecule has 1 aromatic heterocycles. The average molecular weight is 331 g/mol. The number of piperidine rings is 1. The number of nitrogens with one attached hydrogen (secondary N) is 3. The van der Waals surface area contributed by atoms with Crippen LogP contribution in [-0.2, 0) is 14.8 Å². The summed E-state index contributed by atoms with van der Waals surface area (Å²) in [6, 6.07) is 2.43. The van der Waals surface area contributed by atoms with Crippen molar-refractivity contribution in [2.45, 2.75) is 36.6 Å². The topological polar surface area (TPSA) is 87.3 Å². The Balaban J connectivity index is 1.93. The van der Waals surface area contributed by atoms with Crippen molar-refractivity contribution in [3.63, 3.8) is 0 Å². The van der Waals surface area contributed by atoms with Crippen LogP contribution in [0.5, 0.6) is 0 Å². The largest absolute Gasteiger partial charge is 0.350 e. The highest BCUT2D eigenvalue weighted by Crippen LogP contribution is 2.16. The smallest absolute Gasteiger partial charge is 0.250 e. The van der Waals surface area contributed by atoms with Crippen LogP contribution >= 0.6 is 11.3 Å². The van der Waals surface area contributed by atoms with Crippen molar-refractivity contribution in [1.29, 1.82) is 0 Å². The molecule has 6 nitrogen and oxygen atoms in total. The third kappa shape index (κ3) is 4.26. The number of sulfonamides is 1. The lowest BCUT2D eigenvalue weighted by Crippen LogP contribution is -2.54. The van der Waals surface area contributed by atoms with Gasteiger partial charge >= 0.3 is 0 Å². The van der Waals surface area contributed by atoms with E-state index in [1.807, 2.05) is 0 Å². The van der Waals surface area contributed by atoms with Gasteiger partial charge in [-0.15, -0.1) is 11.3 Å². The molecule has 21 heavy (non-hydrogen) atoms. The van der Waals surface area contributed by atoms with Gasteiger partial charge in [0.1, 0.15) is 4.21 Å². The molecule has 3 unspecified atom stereocenters. The van der Waals surface area contributed by atoms with Gasteiger partial charge in [0, 0.05) is 12.6 Å². The zero-order chi connectivity index (χ0) is 15.5. The summed E-state index contributed by atoms with van der Waals surface area (Å²) < 4.78 is 26.8. The second kappa shape index (κ2) is 6.87. The van der Waals surface area contributed by atoms with E-state index in [0.717, 1.165) is 30.8 Å². The normalized spacial score (nSPS) is 24.5. The SMILES string of the molecule is CC(NS(=O)(=O)c1cccs1)C(=O)NC1CNCCC1C. The predicted molar refractivity (Wildman–Crippen MR) is 82.7 cm³/mol. The second-order valence-corrected chi connectivity index (χ2v) is 8.25. The van der Waals surface area contributed by atoms with E-state index in [2.05, 4.69) is 22.3 Å². The van der Waals surface area contributed by atoms with Crippen LogP contribution in [0.2, 0.25) is 0 Å². The van der Waals surface area contributed by atoms with Crippen LogP contribution in [0.4, 0.5) is 0 Å². The summed E-state index contributed by atoms with van der Waals surface area (Å²) in [5, 5.41) is 7.83. The van der Waals surface area contributed by atoms with Gasteiger partial charge in [0.15, 0.2) is 0 Å². The summed E-state index contributed by atoms with van der Waals surface area (Å²) in [4.78, 5) is 12.1. The minimum Gasteiger partial charge on any atom is -0.350 e. The lowest BCUT2D eigenvalue weighted by atomic mass is 9.94. The van der Waals surface area contributed by atoms with E-state index in [9.17, 15) is 13.2 Å². The monoisotopic (exact) mass is 331 g/mol. The Morgan fingerprint density at radius 1 is 1.52 bits per heavy atom. The van der Waals surface area contributed by atoms with E-state index in [1.165, 1.54) is 6.07 Å². The van der Waals surface area contributed by atoms with Crippen LogP contribution in [-0.4, -0.2) is 39.5 Å². The molecule has 0 aliphatic carbocycles. The Morgan fingerprint density at radius 3 is 2.90 bits per heavy atom. The van der Waals surface area contributed by atoms with Gasteiger partial charge in [-0.25, -0.2) is 8.42 Å². The van der Waals surface area contributed by atoms with Gasteiger partial charge in [0.2, 0.25) is 5.91 Å². The van der Waals surface area contributed by atoms with Crippen molar-refractivity contribution in [3.05, 3.63) is 17.5 Å². The van der Waals surface area contributed by atoms with Crippen molar-refractivity contribution in [2.75, 3.05) is 13.1 Å². The Bertz CT molecular complexity index is 571. The fraction of sp³-hybridized carbons (Fsp3) is 0.615. The zero-order valence-electron chi connectivity index (χ0n) is 12.1. The standard InChI is InChI=1S/C13H21N3O3S2/c1-9-5-6-14-8-11(9)15-13(17)10(2)16-21(18,19)12-4-3-7-20-12/h3-4,7,9-11,14,16H,5-6,8H2,1-2H3,(H,15,17). The molecule has 1 aliphatic heterocycles. The van der Waals surface area contributed by atoms with Gasteiger partial charge in [-0.05, 0) is 37.3 Å². The Kier molecular flexibility index (Phi) is 5.37. The molecule has 3 atom stereocenters. The molecule has 0 saturated carbocycles. The highest BCUT2D eigenvalue weighted by molar-refractivity contribution is 7.91. The molecule has 1 saturated heterocycles. The first-order valence-electron chi connectivity index (χ1n) is 6.97. The molecule has 0 spiro atoms. The van der Waals surface area contributed by atoms with Crippen molar-refractivity contribution in [2.24, 2.45) is 5.92 Å². The molecule has 118 valence electrons.